The minimum atomic E-state index is -0.833. The molecule has 4 rings (SSSR count). The first-order valence-electron chi connectivity index (χ1n) is 9.30. The van der Waals surface area contributed by atoms with Crippen molar-refractivity contribution < 1.29 is 24.5 Å². The monoisotopic (exact) mass is 401 g/mol. The number of aromatic hydroxyl groups is 1. The second kappa shape index (κ2) is 7.75. The van der Waals surface area contributed by atoms with Crippen molar-refractivity contribution in [3.8, 4) is 11.5 Å². The zero-order valence-corrected chi connectivity index (χ0v) is 16.1. The van der Waals surface area contributed by atoms with Crippen LogP contribution in [0.4, 0.5) is 5.69 Å². The number of phenols is 1. The molecule has 1 fully saturated rings. The largest absolute Gasteiger partial charge is 0.508 e. The number of amides is 1. The molecule has 1 amide bonds. The first-order valence-corrected chi connectivity index (χ1v) is 9.30. The van der Waals surface area contributed by atoms with Crippen LogP contribution in [0.1, 0.15) is 17.2 Å². The van der Waals surface area contributed by atoms with Gasteiger partial charge in [-0.2, -0.15) is 0 Å². The van der Waals surface area contributed by atoms with Gasteiger partial charge in [0, 0.05) is 11.3 Å². The lowest BCUT2D eigenvalue weighted by Gasteiger charge is -2.25. The summed E-state index contributed by atoms with van der Waals surface area (Å²) in [7, 11) is 1.55. The number of aliphatic hydroxyl groups is 1. The van der Waals surface area contributed by atoms with Crippen molar-refractivity contribution >= 4 is 23.1 Å². The van der Waals surface area contributed by atoms with Gasteiger partial charge < -0.3 is 14.9 Å². The third-order valence-electron chi connectivity index (χ3n) is 5.05. The number of carbonyl (C=O) groups is 2. The number of carbonyl (C=O) groups excluding carboxylic acids is 2. The van der Waals surface area contributed by atoms with Crippen molar-refractivity contribution in [1.29, 1.82) is 0 Å². The molecule has 1 aliphatic rings. The van der Waals surface area contributed by atoms with E-state index in [0.717, 1.165) is 0 Å². The van der Waals surface area contributed by atoms with E-state index in [2.05, 4.69) is 0 Å². The van der Waals surface area contributed by atoms with Gasteiger partial charge in [-0.3, -0.25) is 14.5 Å². The number of aliphatic hydroxyl groups excluding tert-OH is 1. The molecule has 1 heterocycles. The van der Waals surface area contributed by atoms with Crippen LogP contribution in [0.2, 0.25) is 0 Å². The molecule has 0 unspecified atom stereocenters. The van der Waals surface area contributed by atoms with Crippen LogP contribution in [0.25, 0.3) is 5.76 Å². The van der Waals surface area contributed by atoms with Gasteiger partial charge in [-0.05, 0) is 42.0 Å². The summed E-state index contributed by atoms with van der Waals surface area (Å²) in [5.74, 6) is -1.09. The molecular weight excluding hydrogens is 382 g/mol. The fourth-order valence-corrected chi connectivity index (χ4v) is 3.57. The molecule has 0 bridgehead atoms. The van der Waals surface area contributed by atoms with E-state index in [0.29, 0.717) is 22.6 Å². The number of phenolic OH excluding ortho intramolecular Hbond substituents is 1. The lowest BCUT2D eigenvalue weighted by atomic mass is 9.95. The van der Waals surface area contributed by atoms with Gasteiger partial charge in [0.2, 0.25) is 0 Å². The number of benzene rings is 3. The molecule has 0 aromatic heterocycles. The molecule has 0 aliphatic carbocycles. The topological polar surface area (TPSA) is 87.1 Å². The predicted molar refractivity (Wildman–Crippen MR) is 112 cm³/mol. The number of methoxy groups -OCH3 is 1. The molecule has 3 aromatic rings. The van der Waals surface area contributed by atoms with E-state index in [1.54, 1.807) is 73.8 Å². The van der Waals surface area contributed by atoms with Crippen molar-refractivity contribution in [2.75, 3.05) is 12.0 Å². The average Bonchev–Trinajstić information content (AvgIpc) is 3.05. The molecule has 0 saturated carbocycles. The summed E-state index contributed by atoms with van der Waals surface area (Å²) in [6.45, 7) is 0. The first-order chi connectivity index (χ1) is 14.5. The maximum atomic E-state index is 13.0. The van der Waals surface area contributed by atoms with Crippen LogP contribution in [0.3, 0.4) is 0 Å². The maximum Gasteiger partial charge on any atom is 0.300 e. The minimum absolute atomic E-state index is 0.00411. The van der Waals surface area contributed by atoms with Gasteiger partial charge >= 0.3 is 0 Å². The van der Waals surface area contributed by atoms with E-state index in [1.807, 2.05) is 0 Å². The van der Waals surface area contributed by atoms with E-state index < -0.39 is 17.7 Å². The van der Waals surface area contributed by atoms with Crippen molar-refractivity contribution in [3.05, 3.63) is 95.6 Å². The summed E-state index contributed by atoms with van der Waals surface area (Å²) in [5, 5.41) is 20.6. The van der Waals surface area contributed by atoms with Gasteiger partial charge in [0.25, 0.3) is 11.7 Å². The molecule has 30 heavy (non-hydrogen) atoms. The molecular formula is C24H19NO5. The Balaban J connectivity index is 1.92. The van der Waals surface area contributed by atoms with Crippen LogP contribution >= 0.6 is 0 Å². The lowest BCUT2D eigenvalue weighted by molar-refractivity contribution is -0.132. The Kier molecular flexibility index (Phi) is 4.98. The quantitative estimate of drug-likeness (QED) is 0.392. The molecule has 6 heteroatoms. The first kappa shape index (κ1) is 19.3. The normalized spacial score (nSPS) is 17.9. The number of ketones is 1. The van der Waals surface area contributed by atoms with Crippen molar-refractivity contribution in [2.24, 2.45) is 0 Å². The van der Waals surface area contributed by atoms with Crippen molar-refractivity contribution in [3.63, 3.8) is 0 Å². The number of hydrogen-bond donors (Lipinski definition) is 2. The van der Waals surface area contributed by atoms with E-state index in [4.69, 9.17) is 4.74 Å². The Hall–Kier alpha value is -4.06. The summed E-state index contributed by atoms with van der Waals surface area (Å²) in [5.41, 5.74) is 1.52. The van der Waals surface area contributed by atoms with Gasteiger partial charge in [0.1, 0.15) is 17.3 Å². The molecule has 1 atom stereocenters. The maximum absolute atomic E-state index is 13.0. The van der Waals surface area contributed by atoms with Crippen molar-refractivity contribution in [1.82, 2.24) is 0 Å². The van der Waals surface area contributed by atoms with Crippen LogP contribution in [-0.2, 0) is 9.59 Å². The Morgan fingerprint density at radius 2 is 1.53 bits per heavy atom. The van der Waals surface area contributed by atoms with E-state index >= 15 is 0 Å². The third-order valence-corrected chi connectivity index (χ3v) is 5.05. The van der Waals surface area contributed by atoms with Gasteiger partial charge in [0.15, 0.2) is 0 Å². The number of anilines is 1. The molecule has 1 saturated heterocycles. The highest BCUT2D eigenvalue weighted by Crippen LogP contribution is 2.42. The highest BCUT2D eigenvalue weighted by Gasteiger charge is 2.46. The number of nitrogens with zero attached hydrogens (tertiary/aromatic N) is 1. The minimum Gasteiger partial charge on any atom is -0.508 e. The van der Waals surface area contributed by atoms with Crippen molar-refractivity contribution in [2.45, 2.75) is 6.04 Å². The van der Waals surface area contributed by atoms with Crippen LogP contribution in [0.15, 0.2) is 84.4 Å². The van der Waals surface area contributed by atoms with Gasteiger partial charge in [-0.15, -0.1) is 0 Å². The summed E-state index contributed by atoms with van der Waals surface area (Å²) in [6, 6.07) is 20.8. The Morgan fingerprint density at radius 1 is 0.900 bits per heavy atom. The average molecular weight is 401 g/mol. The molecule has 150 valence electrons. The zero-order chi connectivity index (χ0) is 21.3. The van der Waals surface area contributed by atoms with Crippen LogP contribution < -0.4 is 9.64 Å². The number of ether oxygens (including phenoxy) is 1. The molecule has 0 spiro atoms. The number of rotatable bonds is 4. The van der Waals surface area contributed by atoms with Crippen LogP contribution in [-0.4, -0.2) is 29.0 Å². The molecule has 3 aromatic carbocycles. The van der Waals surface area contributed by atoms with E-state index in [9.17, 15) is 19.8 Å². The third kappa shape index (κ3) is 3.28. The van der Waals surface area contributed by atoms with Gasteiger partial charge in [-0.25, -0.2) is 0 Å². The zero-order valence-electron chi connectivity index (χ0n) is 16.1. The number of Topliss-reactive ketones (excluding diaryl/α,β-unsaturated/α-hetero) is 1. The van der Waals surface area contributed by atoms with Gasteiger partial charge in [0.05, 0.1) is 18.7 Å². The summed E-state index contributed by atoms with van der Waals surface area (Å²) >= 11 is 0. The second-order valence-electron chi connectivity index (χ2n) is 6.82. The fraction of sp³-hybridized carbons (Fsp3) is 0.0833. The smallest absolute Gasteiger partial charge is 0.300 e. The fourth-order valence-electron chi connectivity index (χ4n) is 3.57. The highest BCUT2D eigenvalue weighted by molar-refractivity contribution is 6.51. The molecule has 0 radical (unpaired) electrons. The Labute approximate surface area is 173 Å². The van der Waals surface area contributed by atoms with Crippen LogP contribution in [0.5, 0.6) is 11.5 Å². The van der Waals surface area contributed by atoms with Gasteiger partial charge in [-0.1, -0.05) is 42.5 Å². The number of hydrogen-bond acceptors (Lipinski definition) is 5. The molecule has 1 aliphatic heterocycles. The molecule has 6 nitrogen and oxygen atoms in total. The highest BCUT2D eigenvalue weighted by atomic mass is 16.5. The summed E-state index contributed by atoms with van der Waals surface area (Å²) < 4.78 is 5.21. The lowest BCUT2D eigenvalue weighted by Crippen LogP contribution is -2.29. The summed E-state index contributed by atoms with van der Waals surface area (Å²) in [4.78, 5) is 27.3. The predicted octanol–water partition coefficient (Wildman–Crippen LogP) is 4.03. The van der Waals surface area contributed by atoms with Crippen LogP contribution in [0, 0.1) is 0 Å². The Morgan fingerprint density at radius 3 is 2.13 bits per heavy atom. The standard InChI is InChI=1S/C24H19NO5/c1-30-19-13-7-15(8-14-19)21-20(22(27)16-5-3-2-4-6-16)23(28)24(29)25(21)17-9-11-18(26)12-10-17/h2-14,21,26-27H,1H3/b22-20+/t21-/m0/s1. The molecule has 2 N–H and O–H groups in total. The second-order valence-corrected chi connectivity index (χ2v) is 6.82. The van der Waals surface area contributed by atoms with E-state index in [1.165, 1.54) is 17.0 Å². The Bertz CT molecular complexity index is 1120. The SMILES string of the molecule is COc1ccc([C@H]2/C(=C(\O)c3ccccc3)C(=O)C(=O)N2c2ccc(O)cc2)cc1. The summed E-state index contributed by atoms with van der Waals surface area (Å²) in [6.07, 6.45) is 0. The van der Waals surface area contributed by atoms with E-state index in [-0.39, 0.29) is 17.1 Å².